The summed E-state index contributed by atoms with van der Waals surface area (Å²) < 4.78 is 0. The number of nitrogens with zero attached hydrogens (tertiary/aromatic N) is 4. The fourth-order valence-electron chi connectivity index (χ4n) is 7.69. The molecule has 198 valence electrons. The van der Waals surface area contributed by atoms with Crippen molar-refractivity contribution in [2.75, 3.05) is 11.4 Å². The Morgan fingerprint density at radius 3 is 2.26 bits per heavy atom. The van der Waals surface area contributed by atoms with Crippen LogP contribution in [0.4, 0.5) is 11.4 Å². The average molecular weight is 517 g/mol. The number of piperidine rings is 1. The molecular weight excluding hydrogens is 484 g/mol. The summed E-state index contributed by atoms with van der Waals surface area (Å²) in [5.74, 6) is -0.888. The van der Waals surface area contributed by atoms with E-state index in [9.17, 15) is 24.5 Å². The molecule has 4 fully saturated rings. The van der Waals surface area contributed by atoms with Crippen LogP contribution in [-0.2, 0) is 9.59 Å². The molecule has 4 aliphatic rings. The second-order valence-electron chi connectivity index (χ2n) is 11.3. The Morgan fingerprint density at radius 1 is 0.947 bits per heavy atom. The van der Waals surface area contributed by atoms with E-state index in [0.29, 0.717) is 18.2 Å². The van der Waals surface area contributed by atoms with Gasteiger partial charge in [-0.15, -0.1) is 0 Å². The topological polar surface area (TPSA) is 104 Å². The van der Waals surface area contributed by atoms with Crippen LogP contribution in [0.2, 0.25) is 0 Å². The molecule has 2 unspecified atom stereocenters. The second-order valence-corrected chi connectivity index (χ2v) is 11.3. The summed E-state index contributed by atoms with van der Waals surface area (Å²) in [7, 11) is 0. The highest BCUT2D eigenvalue weighted by molar-refractivity contribution is 6.25. The molecule has 5 atom stereocenters. The number of hydrazine groups is 1. The standard InChI is InChI=1S/C29H32N4O5/c1-16-14-17(2)24(18(3)15-16)31-28(35)23-25-22-7-5-4-6-19(22)12-13-30(25)32(26(23)29(31)36)27(34)20-8-10-21(11-9-20)33(37)38/h8-11,14-15,19,22-23,25-26H,4-7,12-13H2,1-3H3/t19?,22?,23-,25-,26+/m0/s1. The molecule has 0 radical (unpaired) electrons. The third-order valence-electron chi connectivity index (χ3n) is 9.10. The van der Waals surface area contributed by atoms with Gasteiger partial charge in [0.25, 0.3) is 17.5 Å². The summed E-state index contributed by atoms with van der Waals surface area (Å²) in [6.07, 6.45) is 5.28. The number of fused-ring (bicyclic) bond motifs is 5. The van der Waals surface area contributed by atoms with Crippen molar-refractivity contribution in [3.05, 3.63) is 68.8 Å². The van der Waals surface area contributed by atoms with Crippen LogP contribution in [0.3, 0.4) is 0 Å². The number of nitro benzene ring substituents is 1. The minimum Gasteiger partial charge on any atom is -0.274 e. The van der Waals surface area contributed by atoms with Gasteiger partial charge >= 0.3 is 0 Å². The predicted octanol–water partition coefficient (Wildman–Crippen LogP) is 4.33. The lowest BCUT2D eigenvalue weighted by Crippen LogP contribution is -2.57. The lowest BCUT2D eigenvalue weighted by molar-refractivity contribution is -0.384. The molecule has 2 aromatic rings. The lowest BCUT2D eigenvalue weighted by Gasteiger charge is -2.47. The Hall–Kier alpha value is -3.59. The molecule has 2 aromatic carbocycles. The number of hydrogen-bond donors (Lipinski definition) is 0. The van der Waals surface area contributed by atoms with E-state index in [4.69, 9.17) is 0 Å². The molecule has 0 N–H and O–H groups in total. The van der Waals surface area contributed by atoms with Crippen molar-refractivity contribution in [2.24, 2.45) is 17.8 Å². The number of amides is 3. The quantitative estimate of drug-likeness (QED) is 0.342. The second kappa shape index (κ2) is 9.01. The zero-order chi connectivity index (χ0) is 26.9. The largest absolute Gasteiger partial charge is 0.274 e. The molecule has 3 heterocycles. The first kappa shape index (κ1) is 24.7. The number of non-ortho nitro benzene ring substituents is 1. The molecule has 3 saturated heterocycles. The fourth-order valence-corrected chi connectivity index (χ4v) is 7.69. The Morgan fingerprint density at radius 2 is 1.61 bits per heavy atom. The van der Waals surface area contributed by atoms with E-state index >= 15 is 0 Å². The van der Waals surface area contributed by atoms with E-state index in [1.807, 2.05) is 37.9 Å². The first-order valence-corrected chi connectivity index (χ1v) is 13.5. The summed E-state index contributed by atoms with van der Waals surface area (Å²) in [6.45, 7) is 6.42. The summed E-state index contributed by atoms with van der Waals surface area (Å²) in [6, 6.07) is 8.29. The Balaban J connectivity index is 1.45. The van der Waals surface area contributed by atoms with Crippen molar-refractivity contribution in [2.45, 2.75) is 65.0 Å². The summed E-state index contributed by atoms with van der Waals surface area (Å²) >= 11 is 0. The number of carbonyl (C=O) groups is 3. The fraction of sp³-hybridized carbons (Fsp3) is 0.483. The highest BCUT2D eigenvalue weighted by atomic mass is 16.6. The molecule has 0 bridgehead atoms. The number of nitro groups is 1. The number of benzene rings is 2. The number of aryl methyl sites for hydroxylation is 3. The van der Waals surface area contributed by atoms with Gasteiger partial charge in [-0.1, -0.05) is 37.0 Å². The monoisotopic (exact) mass is 516 g/mol. The number of imide groups is 1. The molecule has 1 saturated carbocycles. The molecule has 3 amide bonds. The van der Waals surface area contributed by atoms with Crippen molar-refractivity contribution < 1.29 is 19.3 Å². The normalized spacial score (nSPS) is 28.8. The number of carbonyl (C=O) groups excluding carboxylic acids is 3. The van der Waals surface area contributed by atoms with Crippen LogP contribution in [0.25, 0.3) is 0 Å². The van der Waals surface area contributed by atoms with Gasteiger partial charge in [0.15, 0.2) is 0 Å². The van der Waals surface area contributed by atoms with Crippen LogP contribution in [0.1, 0.15) is 59.2 Å². The van der Waals surface area contributed by atoms with E-state index in [2.05, 4.69) is 0 Å². The minimum atomic E-state index is -0.920. The SMILES string of the molecule is Cc1cc(C)c(N2C(=O)[C@H]3[C@@H]4C5CCCCC5CCN4N(C(=O)c4ccc([N+](=O)[O-])cc4)[C@H]3C2=O)c(C)c1. The van der Waals surface area contributed by atoms with E-state index in [0.717, 1.165) is 42.4 Å². The van der Waals surface area contributed by atoms with Gasteiger partial charge in [-0.05, 0) is 68.7 Å². The smallest absolute Gasteiger partial charge is 0.269 e. The van der Waals surface area contributed by atoms with Gasteiger partial charge in [0.05, 0.1) is 16.5 Å². The van der Waals surface area contributed by atoms with Gasteiger partial charge in [-0.25, -0.2) is 9.91 Å². The molecule has 0 aromatic heterocycles. The van der Waals surface area contributed by atoms with Crippen LogP contribution in [0.5, 0.6) is 0 Å². The maximum Gasteiger partial charge on any atom is 0.269 e. The summed E-state index contributed by atoms with van der Waals surface area (Å²) in [5.41, 5.74) is 3.54. The number of hydrogen-bond acceptors (Lipinski definition) is 6. The number of rotatable bonds is 3. The first-order chi connectivity index (χ1) is 18.2. The van der Waals surface area contributed by atoms with Gasteiger partial charge in [-0.2, -0.15) is 0 Å². The van der Waals surface area contributed by atoms with Crippen molar-refractivity contribution >= 4 is 29.1 Å². The zero-order valence-corrected chi connectivity index (χ0v) is 21.9. The molecule has 9 nitrogen and oxygen atoms in total. The number of anilines is 1. The van der Waals surface area contributed by atoms with E-state index in [-0.39, 0.29) is 35.0 Å². The van der Waals surface area contributed by atoms with Crippen molar-refractivity contribution in [3.8, 4) is 0 Å². The van der Waals surface area contributed by atoms with Gasteiger partial charge in [-0.3, -0.25) is 29.5 Å². The highest BCUT2D eigenvalue weighted by Crippen LogP contribution is 2.51. The Bertz CT molecular complexity index is 1330. The molecule has 9 heteroatoms. The predicted molar refractivity (Wildman–Crippen MR) is 140 cm³/mol. The van der Waals surface area contributed by atoms with Crippen molar-refractivity contribution in [1.82, 2.24) is 10.0 Å². The molecule has 0 spiro atoms. The summed E-state index contributed by atoms with van der Waals surface area (Å²) in [5, 5.41) is 14.7. The average Bonchev–Trinajstić information content (AvgIpc) is 3.36. The lowest BCUT2D eigenvalue weighted by atomic mass is 9.68. The molecule has 6 rings (SSSR count). The van der Waals surface area contributed by atoms with Crippen molar-refractivity contribution in [1.29, 1.82) is 0 Å². The van der Waals surface area contributed by atoms with Crippen LogP contribution in [0.15, 0.2) is 36.4 Å². The Labute approximate surface area is 221 Å². The van der Waals surface area contributed by atoms with E-state index in [1.54, 1.807) is 0 Å². The van der Waals surface area contributed by atoms with Crippen LogP contribution >= 0.6 is 0 Å². The van der Waals surface area contributed by atoms with Crippen molar-refractivity contribution in [3.63, 3.8) is 0 Å². The first-order valence-electron chi connectivity index (χ1n) is 13.5. The molecule has 1 aliphatic carbocycles. The maximum absolute atomic E-state index is 14.2. The van der Waals surface area contributed by atoms with Crippen LogP contribution in [0, 0.1) is 48.6 Å². The van der Waals surface area contributed by atoms with E-state index in [1.165, 1.54) is 40.6 Å². The molecule has 3 aliphatic heterocycles. The van der Waals surface area contributed by atoms with Gasteiger partial charge in [0.1, 0.15) is 6.04 Å². The Kier molecular flexibility index (Phi) is 5.86. The third kappa shape index (κ3) is 3.59. The maximum atomic E-state index is 14.2. The van der Waals surface area contributed by atoms with Gasteiger partial charge in [0.2, 0.25) is 5.91 Å². The van der Waals surface area contributed by atoms with Gasteiger partial charge < -0.3 is 0 Å². The minimum absolute atomic E-state index is 0.106. The summed E-state index contributed by atoms with van der Waals surface area (Å²) in [4.78, 5) is 54.3. The van der Waals surface area contributed by atoms with Crippen LogP contribution < -0.4 is 4.90 Å². The molecule has 38 heavy (non-hydrogen) atoms. The third-order valence-corrected chi connectivity index (χ3v) is 9.10. The highest BCUT2D eigenvalue weighted by Gasteiger charge is 2.66. The van der Waals surface area contributed by atoms with Crippen LogP contribution in [-0.4, -0.2) is 51.3 Å². The molecular formula is C29H32N4O5. The van der Waals surface area contributed by atoms with Gasteiger partial charge in [0, 0.05) is 30.3 Å². The van der Waals surface area contributed by atoms with E-state index < -0.39 is 22.8 Å². The zero-order valence-electron chi connectivity index (χ0n) is 21.9.